The maximum atomic E-state index is 11.5. The first-order valence-corrected chi connectivity index (χ1v) is 7.96. The van der Waals surface area contributed by atoms with Gasteiger partial charge in [0.15, 0.2) is 9.84 Å². The second-order valence-corrected chi connectivity index (χ2v) is 6.75. The van der Waals surface area contributed by atoms with Crippen LogP contribution in [0.25, 0.3) is 0 Å². The van der Waals surface area contributed by atoms with Gasteiger partial charge in [0.1, 0.15) is 11.6 Å². The second kappa shape index (κ2) is 6.13. The van der Waals surface area contributed by atoms with E-state index in [2.05, 4.69) is 9.97 Å². The topological polar surface area (TPSA) is 63.2 Å². The van der Waals surface area contributed by atoms with Crippen LogP contribution in [-0.2, 0) is 16.3 Å². The fourth-order valence-corrected chi connectivity index (χ4v) is 2.36. The monoisotopic (exact) mass is 271 g/mol. The Labute approximate surface area is 109 Å². The highest BCUT2D eigenvalue weighted by Gasteiger charge is 2.11. The lowest BCUT2D eigenvalue weighted by Crippen LogP contribution is -2.27. The van der Waals surface area contributed by atoms with Gasteiger partial charge in [0, 0.05) is 31.1 Å². The van der Waals surface area contributed by atoms with Crippen molar-refractivity contribution in [1.29, 1.82) is 0 Å². The maximum Gasteiger partial charge on any atom is 0.151 e. The van der Waals surface area contributed by atoms with Gasteiger partial charge in [-0.15, -0.1) is 0 Å². The molecule has 0 fully saturated rings. The highest BCUT2D eigenvalue weighted by Crippen LogP contribution is 2.11. The largest absolute Gasteiger partial charge is 0.359 e. The van der Waals surface area contributed by atoms with Crippen molar-refractivity contribution < 1.29 is 8.42 Å². The van der Waals surface area contributed by atoms with Gasteiger partial charge in [-0.25, -0.2) is 18.4 Å². The summed E-state index contributed by atoms with van der Waals surface area (Å²) in [7, 11) is -1.08. The van der Waals surface area contributed by atoms with Crippen LogP contribution in [-0.4, -0.2) is 43.5 Å². The van der Waals surface area contributed by atoms with Crippen LogP contribution in [0.1, 0.15) is 25.4 Å². The number of aryl methyl sites for hydroxylation is 2. The van der Waals surface area contributed by atoms with E-state index in [1.807, 2.05) is 31.9 Å². The van der Waals surface area contributed by atoms with E-state index >= 15 is 0 Å². The van der Waals surface area contributed by atoms with Gasteiger partial charge in [-0.3, -0.25) is 0 Å². The molecular weight excluding hydrogens is 250 g/mol. The van der Waals surface area contributed by atoms with Gasteiger partial charge in [0.25, 0.3) is 0 Å². The van der Waals surface area contributed by atoms with Crippen molar-refractivity contribution in [2.45, 2.75) is 27.2 Å². The number of anilines is 1. The van der Waals surface area contributed by atoms with Crippen molar-refractivity contribution in [3.63, 3.8) is 0 Å². The van der Waals surface area contributed by atoms with E-state index in [9.17, 15) is 8.42 Å². The van der Waals surface area contributed by atoms with Gasteiger partial charge in [-0.05, 0) is 13.3 Å². The predicted molar refractivity (Wildman–Crippen MR) is 73.7 cm³/mol. The van der Waals surface area contributed by atoms with Crippen LogP contribution in [0.5, 0.6) is 0 Å². The fraction of sp³-hybridized carbons (Fsp3) is 0.667. The summed E-state index contributed by atoms with van der Waals surface area (Å²) >= 11 is 0. The fourth-order valence-electron chi connectivity index (χ4n) is 1.52. The van der Waals surface area contributed by atoms with Crippen molar-refractivity contribution >= 4 is 15.7 Å². The summed E-state index contributed by atoms with van der Waals surface area (Å²) < 4.78 is 22.9. The molecular formula is C12H21N3O2S. The molecule has 1 heterocycles. The van der Waals surface area contributed by atoms with E-state index in [4.69, 9.17) is 0 Å². The third-order valence-electron chi connectivity index (χ3n) is 2.81. The van der Waals surface area contributed by atoms with Crippen LogP contribution in [0.15, 0.2) is 6.07 Å². The Morgan fingerprint density at radius 2 is 1.94 bits per heavy atom. The summed E-state index contributed by atoms with van der Waals surface area (Å²) in [5, 5.41) is 0. The molecule has 0 aromatic carbocycles. The van der Waals surface area contributed by atoms with E-state index in [1.54, 1.807) is 6.92 Å². The van der Waals surface area contributed by atoms with Gasteiger partial charge in [0.05, 0.1) is 5.75 Å². The van der Waals surface area contributed by atoms with E-state index in [-0.39, 0.29) is 11.5 Å². The van der Waals surface area contributed by atoms with Crippen LogP contribution in [0, 0.1) is 6.92 Å². The number of hydrogen-bond donors (Lipinski definition) is 0. The first kappa shape index (κ1) is 14.9. The molecule has 1 rings (SSSR count). The Bertz CT molecular complexity index is 500. The van der Waals surface area contributed by atoms with E-state index in [1.165, 1.54) is 0 Å². The number of rotatable bonds is 6. The molecule has 0 saturated carbocycles. The molecule has 0 aliphatic heterocycles. The average Bonchev–Trinajstić information content (AvgIpc) is 2.35. The predicted octanol–water partition coefficient (Wildman–Crippen LogP) is 1.22. The quantitative estimate of drug-likeness (QED) is 0.778. The minimum Gasteiger partial charge on any atom is -0.359 e. The van der Waals surface area contributed by atoms with Gasteiger partial charge < -0.3 is 4.90 Å². The molecule has 0 unspecified atom stereocenters. The van der Waals surface area contributed by atoms with Crippen molar-refractivity contribution in [2.75, 3.05) is 30.0 Å². The second-order valence-electron chi connectivity index (χ2n) is 4.28. The Balaban J connectivity index is 2.78. The van der Waals surface area contributed by atoms with E-state index < -0.39 is 9.84 Å². The molecule has 0 aliphatic rings. The summed E-state index contributed by atoms with van der Waals surface area (Å²) in [6.45, 7) is 6.00. The lowest BCUT2D eigenvalue weighted by Gasteiger charge is -2.18. The molecule has 6 heteroatoms. The summed E-state index contributed by atoms with van der Waals surface area (Å²) in [5.74, 6) is 1.84. The minimum absolute atomic E-state index is 0.157. The number of sulfone groups is 1. The molecule has 1 aromatic rings. The van der Waals surface area contributed by atoms with Crippen molar-refractivity contribution in [3.05, 3.63) is 17.6 Å². The summed E-state index contributed by atoms with van der Waals surface area (Å²) in [6.07, 6.45) is 0.845. The molecule has 0 radical (unpaired) electrons. The third-order valence-corrected chi connectivity index (χ3v) is 4.49. The van der Waals surface area contributed by atoms with Gasteiger partial charge >= 0.3 is 0 Å². The van der Waals surface area contributed by atoms with Gasteiger partial charge in [0.2, 0.25) is 0 Å². The lowest BCUT2D eigenvalue weighted by atomic mass is 10.3. The van der Waals surface area contributed by atoms with Crippen molar-refractivity contribution in [2.24, 2.45) is 0 Å². The molecule has 0 spiro atoms. The molecule has 0 saturated heterocycles. The maximum absolute atomic E-state index is 11.5. The SMILES string of the molecule is CCc1cc(N(C)CCS(=O)(=O)CC)nc(C)n1. The molecule has 0 N–H and O–H groups in total. The van der Waals surface area contributed by atoms with Crippen molar-refractivity contribution in [1.82, 2.24) is 9.97 Å². The Hall–Kier alpha value is -1.17. The van der Waals surface area contributed by atoms with Crippen LogP contribution in [0.2, 0.25) is 0 Å². The zero-order chi connectivity index (χ0) is 13.8. The normalized spacial score (nSPS) is 11.6. The molecule has 0 atom stereocenters. The minimum atomic E-state index is -2.93. The highest BCUT2D eigenvalue weighted by atomic mass is 32.2. The average molecular weight is 271 g/mol. The smallest absolute Gasteiger partial charge is 0.151 e. The number of nitrogens with zero attached hydrogens (tertiary/aromatic N) is 3. The summed E-state index contributed by atoms with van der Waals surface area (Å²) in [4.78, 5) is 10.5. The summed E-state index contributed by atoms with van der Waals surface area (Å²) in [6, 6.07) is 1.91. The van der Waals surface area contributed by atoms with Crippen LogP contribution >= 0.6 is 0 Å². The molecule has 5 nitrogen and oxygen atoms in total. The molecule has 0 amide bonds. The molecule has 18 heavy (non-hydrogen) atoms. The number of aromatic nitrogens is 2. The van der Waals surface area contributed by atoms with E-state index in [0.717, 1.165) is 23.8 Å². The van der Waals surface area contributed by atoms with Crippen molar-refractivity contribution in [3.8, 4) is 0 Å². The molecule has 102 valence electrons. The molecule has 1 aromatic heterocycles. The third kappa shape index (κ3) is 4.25. The number of hydrogen-bond acceptors (Lipinski definition) is 5. The van der Waals surface area contributed by atoms with Crippen LogP contribution in [0.4, 0.5) is 5.82 Å². The Kier molecular flexibility index (Phi) is 5.07. The van der Waals surface area contributed by atoms with E-state index in [0.29, 0.717) is 6.54 Å². The highest BCUT2D eigenvalue weighted by molar-refractivity contribution is 7.91. The molecule has 0 aliphatic carbocycles. The van der Waals surface area contributed by atoms with Gasteiger partial charge in [-0.1, -0.05) is 13.8 Å². The van der Waals surface area contributed by atoms with Crippen LogP contribution in [0.3, 0.4) is 0 Å². The van der Waals surface area contributed by atoms with Gasteiger partial charge in [-0.2, -0.15) is 0 Å². The summed E-state index contributed by atoms with van der Waals surface area (Å²) in [5.41, 5.74) is 0.975. The zero-order valence-electron chi connectivity index (χ0n) is 11.5. The lowest BCUT2D eigenvalue weighted by molar-refractivity contribution is 0.596. The first-order valence-electron chi connectivity index (χ1n) is 6.14. The van der Waals surface area contributed by atoms with Crippen LogP contribution < -0.4 is 4.90 Å². The molecule has 0 bridgehead atoms. The Morgan fingerprint density at radius 1 is 1.28 bits per heavy atom. The first-order chi connectivity index (χ1) is 8.38. The zero-order valence-corrected chi connectivity index (χ0v) is 12.3. The Morgan fingerprint density at radius 3 is 2.50 bits per heavy atom. The standard InChI is InChI=1S/C12H21N3O2S/c1-5-11-9-12(14-10(3)13-11)15(4)7-8-18(16,17)6-2/h9H,5-8H2,1-4H3.